The molecule has 0 spiro atoms. The van der Waals surface area contributed by atoms with E-state index in [9.17, 15) is 18.0 Å². The zero-order valence-electron chi connectivity index (χ0n) is 13.0. The Kier molecular flexibility index (Phi) is 4.29. The quantitative estimate of drug-likeness (QED) is 0.565. The first-order valence-corrected chi connectivity index (χ1v) is 7.81. The summed E-state index contributed by atoms with van der Waals surface area (Å²) in [5.74, 6) is -0.514. The molecule has 0 aliphatic carbocycles. The number of ketones is 1. The van der Waals surface area contributed by atoms with Crippen LogP contribution in [0.15, 0.2) is 24.3 Å². The maximum atomic E-state index is 13.0. The van der Waals surface area contributed by atoms with Crippen LogP contribution in [0.5, 0.6) is 0 Å². The topological polar surface area (TPSA) is 34.9 Å². The van der Waals surface area contributed by atoms with E-state index >= 15 is 0 Å². The predicted octanol–water partition coefficient (Wildman–Crippen LogP) is 5.24. The van der Waals surface area contributed by atoms with E-state index in [1.807, 2.05) is 0 Å². The number of hydrogen-bond acceptors (Lipinski definition) is 2. The van der Waals surface area contributed by atoms with E-state index in [-0.39, 0.29) is 26.9 Å². The lowest BCUT2D eigenvalue weighted by Crippen LogP contribution is -2.11. The van der Waals surface area contributed by atoms with E-state index in [1.54, 1.807) is 0 Å². The number of fused-ring (bicyclic) bond motifs is 1. The van der Waals surface area contributed by atoms with Crippen molar-refractivity contribution in [3.05, 3.63) is 62.9 Å². The van der Waals surface area contributed by atoms with Gasteiger partial charge in [-0.05, 0) is 30.7 Å². The van der Waals surface area contributed by atoms with Gasteiger partial charge in [-0.25, -0.2) is 4.98 Å². The van der Waals surface area contributed by atoms with Gasteiger partial charge in [-0.2, -0.15) is 13.2 Å². The van der Waals surface area contributed by atoms with Crippen LogP contribution in [0.1, 0.15) is 27.3 Å². The van der Waals surface area contributed by atoms with Crippen LogP contribution < -0.4 is 0 Å². The molecule has 0 aliphatic heterocycles. The zero-order chi connectivity index (χ0) is 18.5. The number of aromatic nitrogens is 2. The van der Waals surface area contributed by atoms with Crippen LogP contribution in [0.2, 0.25) is 10.0 Å². The molecule has 8 heteroatoms. The first-order valence-electron chi connectivity index (χ1n) is 7.06. The molecule has 3 nitrogen and oxygen atoms in total. The van der Waals surface area contributed by atoms with Gasteiger partial charge in [-0.1, -0.05) is 29.3 Å². The van der Waals surface area contributed by atoms with Crippen LogP contribution in [0.25, 0.3) is 11.0 Å². The Balaban J connectivity index is 2.23. The summed E-state index contributed by atoms with van der Waals surface area (Å²) in [6.07, 6.45) is -4.58. The van der Waals surface area contributed by atoms with Gasteiger partial charge in [0.2, 0.25) is 5.78 Å². The highest BCUT2D eigenvalue weighted by molar-refractivity contribution is 6.40. The van der Waals surface area contributed by atoms with Crippen LogP contribution in [-0.2, 0) is 13.2 Å². The van der Waals surface area contributed by atoms with Crippen molar-refractivity contribution in [1.29, 1.82) is 0 Å². The maximum Gasteiger partial charge on any atom is 0.433 e. The Morgan fingerprint density at radius 2 is 1.96 bits per heavy atom. The maximum absolute atomic E-state index is 13.0. The van der Waals surface area contributed by atoms with E-state index in [4.69, 9.17) is 23.2 Å². The molecule has 0 atom stereocenters. The first-order chi connectivity index (χ1) is 11.6. The highest BCUT2D eigenvalue weighted by Crippen LogP contribution is 2.33. The van der Waals surface area contributed by atoms with E-state index < -0.39 is 17.7 Å². The van der Waals surface area contributed by atoms with Crippen molar-refractivity contribution in [2.24, 2.45) is 7.05 Å². The highest BCUT2D eigenvalue weighted by atomic mass is 35.5. The number of carbonyl (C=O) groups is 1. The van der Waals surface area contributed by atoms with E-state index in [1.165, 1.54) is 36.7 Å². The third kappa shape index (κ3) is 3.00. The number of rotatable bonds is 2. The first kappa shape index (κ1) is 17.8. The molecule has 1 radical (unpaired) electrons. The Bertz CT molecular complexity index is 989. The van der Waals surface area contributed by atoms with Crippen molar-refractivity contribution >= 4 is 40.0 Å². The van der Waals surface area contributed by atoms with Gasteiger partial charge in [0.05, 0.1) is 21.3 Å². The highest BCUT2D eigenvalue weighted by Gasteiger charge is 2.34. The van der Waals surface area contributed by atoms with Crippen LogP contribution >= 0.6 is 23.2 Å². The summed E-state index contributed by atoms with van der Waals surface area (Å²) in [7, 11) is 1.47. The van der Waals surface area contributed by atoms with E-state index in [2.05, 4.69) is 11.1 Å². The number of benzene rings is 1. The standard InChI is InChI=1S/C17H10Cl2F3N2O/c1-8-6-13(17(20,21)22)23-16-9(8)7-12(24(16)2)15(25)14-10(18)4-3-5-11(14)19/h3-4,6-7H,1-2H3. The molecule has 0 fully saturated rings. The fourth-order valence-electron chi connectivity index (χ4n) is 2.60. The smallest absolute Gasteiger partial charge is 0.326 e. The second-order valence-electron chi connectivity index (χ2n) is 5.49. The number of halogens is 5. The lowest BCUT2D eigenvalue weighted by molar-refractivity contribution is -0.141. The SMILES string of the molecule is Cc1cc(C(F)(F)F)nc2c1cc(C(=O)c1c(Cl)[c]ccc1Cl)n2C. The Hall–Kier alpha value is -2.05. The summed E-state index contributed by atoms with van der Waals surface area (Å²) >= 11 is 12.0. The van der Waals surface area contributed by atoms with Gasteiger partial charge in [0, 0.05) is 18.5 Å². The molecule has 0 aliphatic rings. The van der Waals surface area contributed by atoms with Crippen molar-refractivity contribution in [1.82, 2.24) is 9.55 Å². The van der Waals surface area contributed by atoms with Crippen molar-refractivity contribution in [2.45, 2.75) is 13.1 Å². The molecule has 3 aromatic rings. The third-order valence-electron chi connectivity index (χ3n) is 3.85. The van der Waals surface area contributed by atoms with Crippen molar-refractivity contribution in [3.8, 4) is 0 Å². The molecule has 0 N–H and O–H groups in total. The minimum Gasteiger partial charge on any atom is -0.326 e. The normalized spacial score (nSPS) is 12.0. The lowest BCUT2D eigenvalue weighted by Gasteiger charge is -2.09. The van der Waals surface area contributed by atoms with Gasteiger partial charge in [0.1, 0.15) is 11.3 Å². The molecule has 25 heavy (non-hydrogen) atoms. The van der Waals surface area contributed by atoms with Crippen LogP contribution in [0.3, 0.4) is 0 Å². The number of nitrogens with zero attached hydrogens (tertiary/aromatic N) is 2. The molecule has 0 amide bonds. The summed E-state index contributed by atoms with van der Waals surface area (Å²) in [6, 6.07) is 8.05. The molecular formula is C17H10Cl2F3N2O. The fraction of sp³-hybridized carbons (Fsp3) is 0.176. The number of alkyl halides is 3. The molecule has 0 saturated heterocycles. The summed E-state index contributed by atoms with van der Waals surface area (Å²) in [4.78, 5) is 16.5. The van der Waals surface area contributed by atoms with E-state index in [0.717, 1.165) is 6.07 Å². The number of carbonyl (C=O) groups excluding carboxylic acids is 1. The molecule has 129 valence electrons. The van der Waals surface area contributed by atoms with Crippen molar-refractivity contribution < 1.29 is 18.0 Å². The molecular weight excluding hydrogens is 376 g/mol. The minimum atomic E-state index is -4.58. The minimum absolute atomic E-state index is 0.0448. The molecule has 3 rings (SSSR count). The van der Waals surface area contributed by atoms with Gasteiger partial charge in [-0.15, -0.1) is 0 Å². The summed E-state index contributed by atoms with van der Waals surface area (Å²) < 4.78 is 40.3. The van der Waals surface area contributed by atoms with Gasteiger partial charge < -0.3 is 4.57 Å². The third-order valence-corrected chi connectivity index (χ3v) is 4.47. The summed E-state index contributed by atoms with van der Waals surface area (Å²) in [5, 5.41) is 0.633. The average Bonchev–Trinajstić information content (AvgIpc) is 2.84. The molecule has 1 aromatic carbocycles. The van der Waals surface area contributed by atoms with Crippen LogP contribution in [0, 0.1) is 13.0 Å². The second-order valence-corrected chi connectivity index (χ2v) is 6.28. The molecule has 0 bridgehead atoms. The molecule has 0 saturated carbocycles. The zero-order valence-corrected chi connectivity index (χ0v) is 14.5. The number of aryl methyl sites for hydroxylation is 2. The molecule has 2 heterocycles. The monoisotopic (exact) mass is 385 g/mol. The van der Waals surface area contributed by atoms with E-state index in [0.29, 0.717) is 10.9 Å². The lowest BCUT2D eigenvalue weighted by atomic mass is 10.1. The number of pyridine rings is 1. The molecule has 0 unspecified atom stereocenters. The van der Waals surface area contributed by atoms with Gasteiger partial charge >= 0.3 is 6.18 Å². The Labute approximate surface area is 151 Å². The summed E-state index contributed by atoms with van der Waals surface area (Å²) in [5.41, 5.74) is -0.410. The Morgan fingerprint density at radius 3 is 2.56 bits per heavy atom. The largest absolute Gasteiger partial charge is 0.433 e. The van der Waals surface area contributed by atoms with Crippen molar-refractivity contribution in [2.75, 3.05) is 0 Å². The second kappa shape index (κ2) is 6.04. The predicted molar refractivity (Wildman–Crippen MR) is 89.2 cm³/mol. The Morgan fingerprint density at radius 1 is 1.28 bits per heavy atom. The van der Waals surface area contributed by atoms with Gasteiger partial charge in [-0.3, -0.25) is 4.79 Å². The van der Waals surface area contributed by atoms with Gasteiger partial charge in [0.15, 0.2) is 0 Å². The number of hydrogen-bond donors (Lipinski definition) is 0. The van der Waals surface area contributed by atoms with Crippen LogP contribution in [0.4, 0.5) is 13.2 Å². The fourth-order valence-corrected chi connectivity index (χ4v) is 3.14. The molecule has 2 aromatic heterocycles. The average molecular weight is 386 g/mol. The van der Waals surface area contributed by atoms with Gasteiger partial charge in [0.25, 0.3) is 0 Å². The van der Waals surface area contributed by atoms with Crippen molar-refractivity contribution in [3.63, 3.8) is 0 Å². The van der Waals surface area contributed by atoms with Crippen LogP contribution in [-0.4, -0.2) is 15.3 Å². The summed E-state index contributed by atoms with van der Waals surface area (Å²) in [6.45, 7) is 1.53.